The van der Waals surface area contributed by atoms with Crippen LogP contribution in [0.3, 0.4) is 0 Å². The molecule has 1 fully saturated rings. The number of aliphatic hydroxyl groups excluding tert-OH is 1. The van der Waals surface area contributed by atoms with Crippen molar-refractivity contribution in [2.24, 2.45) is 0 Å². The zero-order valence-electron chi connectivity index (χ0n) is 15.4. The summed E-state index contributed by atoms with van der Waals surface area (Å²) in [6, 6.07) is 8.08. The van der Waals surface area contributed by atoms with E-state index in [1.165, 1.54) is 5.69 Å². The molecule has 2 aliphatic rings. The van der Waals surface area contributed by atoms with Crippen molar-refractivity contribution in [1.82, 2.24) is 19.6 Å². The molecule has 7 heteroatoms. The quantitative estimate of drug-likeness (QED) is 0.804. The molecule has 1 aromatic carbocycles. The van der Waals surface area contributed by atoms with Gasteiger partial charge < -0.3 is 10.0 Å². The number of aliphatic hydroxyl groups is 1. The summed E-state index contributed by atoms with van der Waals surface area (Å²) in [5, 5.41) is 13.9. The predicted molar refractivity (Wildman–Crippen MR) is 107 cm³/mol. The van der Waals surface area contributed by atoms with Crippen molar-refractivity contribution < 1.29 is 9.90 Å². The average molecular weight is 433 g/mol. The van der Waals surface area contributed by atoms with Gasteiger partial charge in [-0.2, -0.15) is 5.10 Å². The highest BCUT2D eigenvalue weighted by atomic mass is 79.9. The highest BCUT2D eigenvalue weighted by molar-refractivity contribution is 9.10. The third-order valence-electron chi connectivity index (χ3n) is 5.51. The Morgan fingerprint density at radius 1 is 1.15 bits per heavy atom. The molecule has 1 aliphatic carbocycles. The monoisotopic (exact) mass is 432 g/mol. The van der Waals surface area contributed by atoms with Gasteiger partial charge in [-0.1, -0.05) is 22.0 Å². The van der Waals surface area contributed by atoms with Gasteiger partial charge in [-0.15, -0.1) is 0 Å². The smallest absolute Gasteiger partial charge is 0.274 e. The van der Waals surface area contributed by atoms with Crippen molar-refractivity contribution in [3.63, 3.8) is 0 Å². The van der Waals surface area contributed by atoms with Gasteiger partial charge >= 0.3 is 0 Å². The van der Waals surface area contributed by atoms with Crippen molar-refractivity contribution in [2.45, 2.75) is 25.7 Å². The first-order valence-electron chi connectivity index (χ1n) is 9.66. The fraction of sp³-hybridized carbons (Fsp3) is 0.500. The molecule has 1 aliphatic heterocycles. The summed E-state index contributed by atoms with van der Waals surface area (Å²) < 4.78 is 2.97. The van der Waals surface area contributed by atoms with Gasteiger partial charge in [-0.25, -0.2) is 4.68 Å². The van der Waals surface area contributed by atoms with Gasteiger partial charge in [0.1, 0.15) is 0 Å². The Morgan fingerprint density at radius 2 is 1.93 bits per heavy atom. The van der Waals surface area contributed by atoms with Gasteiger partial charge in [0.25, 0.3) is 5.91 Å². The fourth-order valence-corrected chi connectivity index (χ4v) is 4.45. The molecule has 1 amide bonds. The van der Waals surface area contributed by atoms with Crippen molar-refractivity contribution >= 4 is 21.8 Å². The number of halogens is 1. The Labute approximate surface area is 167 Å². The van der Waals surface area contributed by atoms with E-state index in [0.29, 0.717) is 25.3 Å². The second-order valence-electron chi connectivity index (χ2n) is 7.23. The third kappa shape index (κ3) is 3.81. The molecule has 0 saturated carbocycles. The zero-order chi connectivity index (χ0) is 18.8. The molecule has 0 spiro atoms. The van der Waals surface area contributed by atoms with Crippen LogP contribution < -0.4 is 0 Å². The van der Waals surface area contributed by atoms with Crippen LogP contribution in [0.2, 0.25) is 0 Å². The largest absolute Gasteiger partial charge is 0.395 e. The summed E-state index contributed by atoms with van der Waals surface area (Å²) in [6.07, 6.45) is 4.14. The summed E-state index contributed by atoms with van der Waals surface area (Å²) in [5.41, 5.74) is 3.93. The standard InChI is InChI=1S/C20H25BrN4O2/c21-15-4-3-5-16(14-15)25-18-7-2-1-6-17(18)19(22-25)20(27)24-10-8-23(9-11-24)12-13-26/h3-5,14,26H,1-2,6-13H2. The number of carbonyl (C=O) groups is 1. The van der Waals surface area contributed by atoms with E-state index < -0.39 is 0 Å². The summed E-state index contributed by atoms with van der Waals surface area (Å²) in [5.74, 6) is 0.0468. The normalized spacial score (nSPS) is 17.8. The van der Waals surface area contributed by atoms with E-state index in [0.717, 1.165) is 54.5 Å². The van der Waals surface area contributed by atoms with Gasteiger partial charge in [0.05, 0.1) is 12.3 Å². The molecular weight excluding hydrogens is 408 g/mol. The van der Waals surface area contributed by atoms with Gasteiger partial charge in [0, 0.05) is 48.5 Å². The summed E-state index contributed by atoms with van der Waals surface area (Å²) in [4.78, 5) is 17.3. The number of rotatable bonds is 4. The molecule has 0 radical (unpaired) electrons. The number of fused-ring (bicyclic) bond motifs is 1. The van der Waals surface area contributed by atoms with Crippen LogP contribution in [-0.2, 0) is 12.8 Å². The van der Waals surface area contributed by atoms with E-state index in [4.69, 9.17) is 10.2 Å². The van der Waals surface area contributed by atoms with Gasteiger partial charge in [0.2, 0.25) is 0 Å². The van der Waals surface area contributed by atoms with E-state index >= 15 is 0 Å². The number of β-amino-alcohol motifs (C(OH)–C–C–N with tert-alkyl or cyclic N) is 1. The first-order valence-corrected chi connectivity index (χ1v) is 10.5. The second kappa shape index (κ2) is 8.12. The molecule has 6 nitrogen and oxygen atoms in total. The summed E-state index contributed by atoms with van der Waals surface area (Å²) in [7, 11) is 0. The van der Waals surface area contributed by atoms with Crippen LogP contribution in [0.15, 0.2) is 28.7 Å². The molecule has 0 atom stereocenters. The fourth-order valence-electron chi connectivity index (χ4n) is 4.06. The Hall–Kier alpha value is -1.70. The molecule has 2 heterocycles. The first kappa shape index (κ1) is 18.7. The first-order chi connectivity index (χ1) is 13.2. The highest BCUT2D eigenvalue weighted by Crippen LogP contribution is 2.28. The number of carbonyl (C=O) groups excluding carboxylic acids is 1. The molecule has 2 aromatic rings. The maximum absolute atomic E-state index is 13.2. The van der Waals surface area contributed by atoms with Crippen LogP contribution in [0.4, 0.5) is 0 Å². The van der Waals surface area contributed by atoms with Crippen LogP contribution in [-0.4, -0.2) is 69.9 Å². The number of hydrogen-bond acceptors (Lipinski definition) is 4. The van der Waals surface area contributed by atoms with Crippen LogP contribution in [0, 0.1) is 0 Å². The maximum atomic E-state index is 13.2. The molecule has 0 bridgehead atoms. The molecule has 1 saturated heterocycles. The summed E-state index contributed by atoms with van der Waals surface area (Å²) in [6.45, 7) is 3.84. The second-order valence-corrected chi connectivity index (χ2v) is 8.15. The average Bonchev–Trinajstić information content (AvgIpc) is 3.08. The number of nitrogens with zero attached hydrogens (tertiary/aromatic N) is 4. The number of benzene rings is 1. The van der Waals surface area contributed by atoms with Crippen LogP contribution in [0.1, 0.15) is 34.6 Å². The Kier molecular flexibility index (Phi) is 5.61. The van der Waals surface area contributed by atoms with E-state index in [1.807, 2.05) is 33.8 Å². The number of piperazine rings is 1. The predicted octanol–water partition coefficient (Wildman–Crippen LogP) is 2.26. The van der Waals surface area contributed by atoms with Crippen molar-refractivity contribution in [2.75, 3.05) is 39.3 Å². The van der Waals surface area contributed by atoms with Gasteiger partial charge in [-0.05, 0) is 43.9 Å². The lowest BCUT2D eigenvalue weighted by molar-refractivity contribution is 0.0608. The molecular formula is C20H25BrN4O2. The van der Waals surface area contributed by atoms with E-state index in [-0.39, 0.29) is 12.5 Å². The van der Waals surface area contributed by atoms with Crippen molar-refractivity contribution in [3.05, 3.63) is 45.7 Å². The molecule has 27 heavy (non-hydrogen) atoms. The molecule has 4 rings (SSSR count). The van der Waals surface area contributed by atoms with Crippen LogP contribution in [0.25, 0.3) is 5.69 Å². The lowest BCUT2D eigenvalue weighted by Crippen LogP contribution is -2.49. The Morgan fingerprint density at radius 3 is 2.67 bits per heavy atom. The molecule has 144 valence electrons. The van der Waals surface area contributed by atoms with Crippen LogP contribution in [0.5, 0.6) is 0 Å². The van der Waals surface area contributed by atoms with Crippen molar-refractivity contribution in [3.8, 4) is 5.69 Å². The van der Waals surface area contributed by atoms with Crippen molar-refractivity contribution in [1.29, 1.82) is 0 Å². The van der Waals surface area contributed by atoms with E-state index in [1.54, 1.807) is 0 Å². The highest BCUT2D eigenvalue weighted by Gasteiger charge is 2.30. The van der Waals surface area contributed by atoms with E-state index in [2.05, 4.69) is 20.8 Å². The molecule has 1 aromatic heterocycles. The minimum Gasteiger partial charge on any atom is -0.395 e. The van der Waals surface area contributed by atoms with Crippen LogP contribution >= 0.6 is 15.9 Å². The number of amides is 1. The van der Waals surface area contributed by atoms with E-state index in [9.17, 15) is 4.79 Å². The lowest BCUT2D eigenvalue weighted by Gasteiger charge is -2.34. The lowest BCUT2D eigenvalue weighted by atomic mass is 9.95. The SMILES string of the molecule is O=C(c1nn(-c2cccc(Br)c2)c2c1CCCC2)N1CCN(CCO)CC1. The topological polar surface area (TPSA) is 61.6 Å². The molecule has 0 unspecified atom stereocenters. The molecule has 1 N–H and O–H groups in total. The third-order valence-corrected chi connectivity index (χ3v) is 6.00. The maximum Gasteiger partial charge on any atom is 0.274 e. The zero-order valence-corrected chi connectivity index (χ0v) is 17.0. The summed E-state index contributed by atoms with van der Waals surface area (Å²) >= 11 is 3.53. The minimum absolute atomic E-state index is 0.0468. The van der Waals surface area contributed by atoms with Gasteiger partial charge in [0.15, 0.2) is 5.69 Å². The Bertz CT molecular complexity index is 827. The Balaban J connectivity index is 1.62. The number of aromatic nitrogens is 2. The minimum atomic E-state index is 0.0468. The van der Waals surface area contributed by atoms with Gasteiger partial charge in [-0.3, -0.25) is 9.69 Å². The number of hydrogen-bond donors (Lipinski definition) is 1.